The number of nitrogens with one attached hydrogen (secondary N) is 1. The topological polar surface area (TPSA) is 37.2 Å². The average molecular weight is 298 g/mol. The quantitative estimate of drug-likeness (QED) is 0.760. The molecule has 3 rings (SSSR count). The molecule has 1 aromatic heterocycles. The van der Waals surface area contributed by atoms with Crippen molar-refractivity contribution in [3.63, 3.8) is 0 Å². The first-order valence-electron chi connectivity index (χ1n) is 7.35. The van der Waals surface area contributed by atoms with Crippen molar-refractivity contribution in [1.29, 1.82) is 0 Å². The minimum Gasteiger partial charge on any atom is -0.389 e. The first-order valence-corrected chi connectivity index (χ1v) is 7.35. The van der Waals surface area contributed by atoms with Crippen LogP contribution in [0.25, 0.3) is 10.9 Å². The molecule has 4 heteroatoms. The Kier molecular flexibility index (Phi) is 4.22. The summed E-state index contributed by atoms with van der Waals surface area (Å²) in [6.07, 6.45) is 1.22. The molecular weight excluding hydrogens is 279 g/mol. The zero-order valence-electron chi connectivity index (χ0n) is 12.4. The lowest BCUT2D eigenvalue weighted by molar-refractivity contribution is 0.132. The Balaban J connectivity index is 2.14. The number of hydrogen-bond donors (Lipinski definition) is 2. The van der Waals surface area contributed by atoms with Gasteiger partial charge in [-0.15, -0.1) is 0 Å². The predicted molar refractivity (Wildman–Crippen MR) is 86.4 cm³/mol. The van der Waals surface area contributed by atoms with Crippen LogP contribution in [-0.2, 0) is 0 Å². The summed E-state index contributed by atoms with van der Waals surface area (Å²) < 4.78 is 15.9. The molecule has 0 aliphatic heterocycles. The van der Waals surface area contributed by atoms with E-state index in [1.54, 1.807) is 19.2 Å². The van der Waals surface area contributed by atoms with Crippen molar-refractivity contribution in [3.05, 3.63) is 72.2 Å². The van der Waals surface area contributed by atoms with Crippen LogP contribution in [0.2, 0.25) is 0 Å². The summed E-state index contributed by atoms with van der Waals surface area (Å²) in [6, 6.07) is 16.3. The monoisotopic (exact) mass is 298 g/mol. The van der Waals surface area contributed by atoms with E-state index in [4.69, 9.17) is 0 Å². The van der Waals surface area contributed by atoms with Gasteiger partial charge in [0, 0.05) is 18.1 Å². The van der Waals surface area contributed by atoms with E-state index in [0.29, 0.717) is 11.9 Å². The van der Waals surface area contributed by atoms with Gasteiger partial charge in [-0.2, -0.15) is 0 Å². The van der Waals surface area contributed by atoms with Gasteiger partial charge in [-0.3, -0.25) is 0 Å². The largest absolute Gasteiger partial charge is 0.389 e. The summed E-state index contributed by atoms with van der Waals surface area (Å²) in [7, 11) is 1.80. The molecule has 22 heavy (non-hydrogen) atoms. The molecule has 2 atom stereocenters. The number of aliphatic hydroxyl groups is 1. The fourth-order valence-corrected chi connectivity index (χ4v) is 2.93. The maximum absolute atomic E-state index is 13.9. The molecule has 0 saturated carbocycles. The van der Waals surface area contributed by atoms with E-state index in [2.05, 4.69) is 5.32 Å². The van der Waals surface area contributed by atoms with Crippen molar-refractivity contribution >= 4 is 10.9 Å². The molecule has 0 radical (unpaired) electrons. The fraction of sp³-hybridized carbons (Fsp3) is 0.222. The van der Waals surface area contributed by atoms with Gasteiger partial charge in [0.1, 0.15) is 5.82 Å². The summed E-state index contributed by atoms with van der Waals surface area (Å²) in [5, 5.41) is 14.2. The van der Waals surface area contributed by atoms with Crippen LogP contribution in [-0.4, -0.2) is 29.4 Å². The number of benzene rings is 2. The first-order chi connectivity index (χ1) is 10.7. The maximum atomic E-state index is 13.9. The zero-order chi connectivity index (χ0) is 15.5. The number of rotatable bonds is 5. The Morgan fingerprint density at radius 3 is 2.59 bits per heavy atom. The van der Waals surface area contributed by atoms with Crippen LogP contribution in [0.3, 0.4) is 0 Å². The summed E-state index contributed by atoms with van der Waals surface area (Å²) in [4.78, 5) is 0. The predicted octanol–water partition coefficient (Wildman–Crippen LogP) is 2.95. The van der Waals surface area contributed by atoms with Gasteiger partial charge < -0.3 is 15.0 Å². The van der Waals surface area contributed by atoms with Crippen LogP contribution in [0.1, 0.15) is 11.6 Å². The molecule has 114 valence electrons. The molecule has 1 heterocycles. The van der Waals surface area contributed by atoms with Gasteiger partial charge in [-0.05, 0) is 30.8 Å². The van der Waals surface area contributed by atoms with Crippen LogP contribution in [0.5, 0.6) is 0 Å². The Labute approximate surface area is 129 Å². The maximum Gasteiger partial charge on any atom is 0.132 e. The van der Waals surface area contributed by atoms with Crippen LogP contribution in [0, 0.1) is 5.82 Å². The van der Waals surface area contributed by atoms with E-state index in [0.717, 1.165) is 11.1 Å². The molecule has 3 aromatic rings. The van der Waals surface area contributed by atoms with E-state index < -0.39 is 6.10 Å². The lowest BCUT2D eigenvalue weighted by Gasteiger charge is -2.26. The van der Waals surface area contributed by atoms with E-state index in [-0.39, 0.29) is 11.9 Å². The summed E-state index contributed by atoms with van der Waals surface area (Å²) in [5.41, 5.74) is 1.77. The second-order valence-electron chi connectivity index (χ2n) is 5.38. The number of hydrogen-bond acceptors (Lipinski definition) is 2. The third kappa shape index (κ3) is 2.63. The SMILES string of the molecule is CNC[C@@H](O)[C@H](c1ccccc1)n1ccc2c(F)cccc21. The number of nitrogens with zero attached hydrogens (tertiary/aromatic N) is 1. The van der Waals surface area contributed by atoms with E-state index in [9.17, 15) is 9.50 Å². The third-order valence-electron chi connectivity index (χ3n) is 3.93. The molecule has 0 aliphatic rings. The Morgan fingerprint density at radius 2 is 1.86 bits per heavy atom. The number of aliphatic hydroxyl groups excluding tert-OH is 1. The normalized spacial score (nSPS) is 14.1. The molecule has 0 fully saturated rings. The van der Waals surface area contributed by atoms with Crippen LogP contribution >= 0.6 is 0 Å². The zero-order valence-corrected chi connectivity index (χ0v) is 12.4. The number of likely N-dealkylation sites (N-methyl/N-ethyl adjacent to an activating group) is 1. The Bertz CT molecular complexity index is 754. The van der Waals surface area contributed by atoms with Gasteiger partial charge in [-0.1, -0.05) is 36.4 Å². The van der Waals surface area contributed by atoms with Gasteiger partial charge in [0.05, 0.1) is 17.7 Å². The molecule has 3 nitrogen and oxygen atoms in total. The van der Waals surface area contributed by atoms with E-state index in [1.807, 2.05) is 47.2 Å². The van der Waals surface area contributed by atoms with E-state index in [1.165, 1.54) is 6.07 Å². The van der Waals surface area contributed by atoms with Crippen LogP contribution in [0.4, 0.5) is 4.39 Å². The van der Waals surface area contributed by atoms with Crippen molar-refractivity contribution in [2.45, 2.75) is 12.1 Å². The summed E-state index contributed by atoms with van der Waals surface area (Å²) >= 11 is 0. The van der Waals surface area contributed by atoms with Gasteiger partial charge in [0.15, 0.2) is 0 Å². The minimum absolute atomic E-state index is 0.244. The molecule has 0 spiro atoms. The summed E-state index contributed by atoms with van der Waals surface area (Å²) in [5.74, 6) is -0.244. The highest BCUT2D eigenvalue weighted by molar-refractivity contribution is 5.81. The minimum atomic E-state index is -0.619. The van der Waals surface area contributed by atoms with Gasteiger partial charge in [0.25, 0.3) is 0 Å². The highest BCUT2D eigenvalue weighted by Gasteiger charge is 2.23. The first kappa shape index (κ1) is 14.8. The Morgan fingerprint density at radius 1 is 1.09 bits per heavy atom. The molecule has 2 N–H and O–H groups in total. The van der Waals surface area contributed by atoms with Crippen LogP contribution in [0.15, 0.2) is 60.8 Å². The molecule has 0 amide bonds. The number of fused-ring (bicyclic) bond motifs is 1. The second kappa shape index (κ2) is 6.30. The van der Waals surface area contributed by atoms with Gasteiger partial charge >= 0.3 is 0 Å². The standard InChI is InChI=1S/C18H19FN2O/c1-20-12-17(22)18(13-6-3-2-4-7-13)21-11-10-14-15(19)8-5-9-16(14)21/h2-11,17-18,20,22H,12H2,1H3/t17-,18+/m1/s1. The smallest absolute Gasteiger partial charge is 0.132 e. The highest BCUT2D eigenvalue weighted by atomic mass is 19.1. The molecule has 0 unspecified atom stereocenters. The molecule has 2 aromatic carbocycles. The third-order valence-corrected chi connectivity index (χ3v) is 3.93. The second-order valence-corrected chi connectivity index (χ2v) is 5.38. The van der Waals surface area contributed by atoms with Crippen molar-refractivity contribution in [3.8, 4) is 0 Å². The average Bonchev–Trinajstić information content (AvgIpc) is 2.94. The van der Waals surface area contributed by atoms with Crippen molar-refractivity contribution in [2.75, 3.05) is 13.6 Å². The van der Waals surface area contributed by atoms with Gasteiger partial charge in [-0.25, -0.2) is 4.39 Å². The van der Waals surface area contributed by atoms with Gasteiger partial charge in [0.2, 0.25) is 0 Å². The molecule has 0 saturated heterocycles. The van der Waals surface area contributed by atoms with Crippen LogP contribution < -0.4 is 5.32 Å². The fourth-order valence-electron chi connectivity index (χ4n) is 2.93. The van der Waals surface area contributed by atoms with Crippen molar-refractivity contribution in [2.24, 2.45) is 0 Å². The lowest BCUT2D eigenvalue weighted by atomic mass is 10.0. The number of aromatic nitrogens is 1. The van der Waals surface area contributed by atoms with Crippen molar-refractivity contribution in [1.82, 2.24) is 9.88 Å². The van der Waals surface area contributed by atoms with Crippen molar-refractivity contribution < 1.29 is 9.50 Å². The lowest BCUT2D eigenvalue weighted by Crippen LogP contribution is -2.33. The summed E-state index contributed by atoms with van der Waals surface area (Å²) in [6.45, 7) is 0.453. The Hall–Kier alpha value is -2.17. The molecule has 0 bridgehead atoms. The molecule has 0 aliphatic carbocycles. The highest BCUT2D eigenvalue weighted by Crippen LogP contribution is 2.28. The number of halogens is 1. The van der Waals surface area contributed by atoms with E-state index >= 15 is 0 Å². The molecular formula is C18H19FN2O.